The monoisotopic (exact) mass is 365 g/mol. The zero-order valence-electron chi connectivity index (χ0n) is 15.7. The van der Waals surface area contributed by atoms with Crippen molar-refractivity contribution in [3.63, 3.8) is 0 Å². The van der Waals surface area contributed by atoms with E-state index in [1.165, 1.54) is 5.56 Å². The van der Waals surface area contributed by atoms with E-state index in [0.29, 0.717) is 17.5 Å². The van der Waals surface area contributed by atoms with Gasteiger partial charge >= 0.3 is 0 Å². The summed E-state index contributed by atoms with van der Waals surface area (Å²) in [6.45, 7) is 6.53. The van der Waals surface area contributed by atoms with E-state index >= 15 is 0 Å². The molecule has 0 spiro atoms. The molecule has 6 heteroatoms. The van der Waals surface area contributed by atoms with E-state index < -0.39 is 0 Å². The summed E-state index contributed by atoms with van der Waals surface area (Å²) in [5, 5.41) is 6.63. The van der Waals surface area contributed by atoms with Gasteiger partial charge in [0.25, 0.3) is 5.91 Å². The Kier molecular flexibility index (Phi) is 5.54. The molecule has 0 unspecified atom stereocenters. The van der Waals surface area contributed by atoms with Crippen molar-refractivity contribution in [2.75, 3.05) is 6.61 Å². The number of benzene rings is 2. The zero-order chi connectivity index (χ0) is 19.3. The van der Waals surface area contributed by atoms with Crippen LogP contribution in [0.4, 0.5) is 0 Å². The molecule has 3 rings (SSSR count). The lowest BCUT2D eigenvalue weighted by Gasteiger charge is -2.19. The normalized spacial score (nSPS) is 11.2. The van der Waals surface area contributed by atoms with Gasteiger partial charge in [-0.1, -0.05) is 68.4 Å². The second-order valence-corrected chi connectivity index (χ2v) is 7.22. The molecule has 0 fully saturated rings. The van der Waals surface area contributed by atoms with E-state index in [0.717, 1.165) is 5.56 Å². The van der Waals surface area contributed by atoms with Crippen LogP contribution in [0.1, 0.15) is 32.2 Å². The van der Waals surface area contributed by atoms with E-state index in [2.05, 4.69) is 36.2 Å². The van der Waals surface area contributed by atoms with Crippen LogP contribution >= 0.6 is 0 Å². The topological polar surface area (TPSA) is 77.2 Å². The van der Waals surface area contributed by atoms with Crippen molar-refractivity contribution < 1.29 is 14.1 Å². The number of hydrogen-bond acceptors (Lipinski definition) is 5. The van der Waals surface area contributed by atoms with E-state index in [4.69, 9.17) is 9.26 Å². The van der Waals surface area contributed by atoms with Crippen LogP contribution in [0.25, 0.3) is 11.4 Å². The highest BCUT2D eigenvalue weighted by Crippen LogP contribution is 2.24. The summed E-state index contributed by atoms with van der Waals surface area (Å²) in [5.41, 5.74) is 2.16. The van der Waals surface area contributed by atoms with Crippen molar-refractivity contribution in [2.45, 2.75) is 32.7 Å². The van der Waals surface area contributed by atoms with Gasteiger partial charge in [0, 0.05) is 5.56 Å². The first-order valence-corrected chi connectivity index (χ1v) is 8.80. The standard InChI is InChI=1S/C21H23N3O3/c1-21(2,3)16-9-11-17(12-10-16)26-14-18(25)22-13-19-23-20(24-27-19)15-7-5-4-6-8-15/h4-12H,13-14H2,1-3H3,(H,22,25). The van der Waals surface area contributed by atoms with Gasteiger partial charge in [0.05, 0.1) is 6.54 Å². The smallest absolute Gasteiger partial charge is 0.258 e. The molecule has 0 aliphatic carbocycles. The van der Waals surface area contributed by atoms with Crippen LogP contribution in [-0.2, 0) is 16.8 Å². The maximum absolute atomic E-state index is 12.0. The van der Waals surface area contributed by atoms with Crippen LogP contribution in [0, 0.1) is 0 Å². The fourth-order valence-electron chi connectivity index (χ4n) is 2.46. The fourth-order valence-corrected chi connectivity index (χ4v) is 2.46. The third kappa shape index (κ3) is 5.17. The minimum atomic E-state index is -0.255. The Morgan fingerprint density at radius 2 is 1.78 bits per heavy atom. The third-order valence-corrected chi connectivity index (χ3v) is 4.03. The molecular formula is C21H23N3O3. The van der Waals surface area contributed by atoms with Crippen molar-refractivity contribution in [3.8, 4) is 17.1 Å². The predicted molar refractivity (Wildman–Crippen MR) is 102 cm³/mol. The number of rotatable bonds is 6. The summed E-state index contributed by atoms with van der Waals surface area (Å²) in [4.78, 5) is 16.2. The zero-order valence-corrected chi connectivity index (χ0v) is 15.7. The number of amides is 1. The van der Waals surface area contributed by atoms with Crippen LogP contribution in [0.15, 0.2) is 59.1 Å². The van der Waals surface area contributed by atoms with Gasteiger partial charge in [-0.2, -0.15) is 4.98 Å². The van der Waals surface area contributed by atoms with Gasteiger partial charge in [0.1, 0.15) is 5.75 Å². The van der Waals surface area contributed by atoms with Gasteiger partial charge in [-0.15, -0.1) is 0 Å². The number of nitrogens with zero attached hydrogens (tertiary/aromatic N) is 2. The molecule has 0 aliphatic rings. The second kappa shape index (κ2) is 8.03. The van der Waals surface area contributed by atoms with E-state index in [-0.39, 0.29) is 24.5 Å². The molecule has 1 amide bonds. The molecule has 0 radical (unpaired) electrons. The summed E-state index contributed by atoms with van der Waals surface area (Å²) in [5.74, 6) is 1.24. The minimum Gasteiger partial charge on any atom is -0.484 e. The molecule has 0 saturated heterocycles. The average Bonchev–Trinajstić information content (AvgIpc) is 3.14. The number of ether oxygens (including phenoxy) is 1. The van der Waals surface area contributed by atoms with Crippen molar-refractivity contribution in [2.24, 2.45) is 0 Å². The first kappa shape index (κ1) is 18.6. The van der Waals surface area contributed by atoms with Crippen molar-refractivity contribution in [1.82, 2.24) is 15.5 Å². The van der Waals surface area contributed by atoms with Gasteiger partial charge in [-0.3, -0.25) is 4.79 Å². The lowest BCUT2D eigenvalue weighted by atomic mass is 9.87. The number of hydrogen-bond donors (Lipinski definition) is 1. The van der Waals surface area contributed by atoms with Gasteiger partial charge in [0.2, 0.25) is 11.7 Å². The molecule has 0 saturated carbocycles. The predicted octanol–water partition coefficient (Wildman–Crippen LogP) is 3.73. The van der Waals surface area contributed by atoms with E-state index in [1.54, 1.807) is 0 Å². The highest BCUT2D eigenvalue weighted by atomic mass is 16.5. The van der Waals surface area contributed by atoms with Gasteiger partial charge < -0.3 is 14.6 Å². The number of aromatic nitrogens is 2. The lowest BCUT2D eigenvalue weighted by molar-refractivity contribution is -0.123. The number of carbonyl (C=O) groups excluding carboxylic acids is 1. The molecule has 140 valence electrons. The summed E-state index contributed by atoms with van der Waals surface area (Å²) in [6.07, 6.45) is 0. The van der Waals surface area contributed by atoms with E-state index in [9.17, 15) is 4.79 Å². The molecule has 0 bridgehead atoms. The molecule has 27 heavy (non-hydrogen) atoms. The maximum atomic E-state index is 12.0. The Balaban J connectivity index is 1.47. The van der Waals surface area contributed by atoms with Crippen molar-refractivity contribution >= 4 is 5.91 Å². The first-order valence-electron chi connectivity index (χ1n) is 8.80. The third-order valence-electron chi connectivity index (χ3n) is 4.03. The van der Waals surface area contributed by atoms with Crippen LogP contribution in [0.3, 0.4) is 0 Å². The molecule has 0 atom stereocenters. The van der Waals surface area contributed by atoms with Crippen LogP contribution < -0.4 is 10.1 Å². The molecule has 1 N–H and O–H groups in total. The van der Waals surface area contributed by atoms with Crippen LogP contribution in [0.5, 0.6) is 5.75 Å². The molecule has 2 aromatic carbocycles. The summed E-state index contributed by atoms with van der Waals surface area (Å²) in [7, 11) is 0. The van der Waals surface area contributed by atoms with Crippen molar-refractivity contribution in [1.29, 1.82) is 0 Å². The molecular weight excluding hydrogens is 342 g/mol. The molecule has 6 nitrogen and oxygen atoms in total. The highest BCUT2D eigenvalue weighted by molar-refractivity contribution is 5.77. The number of carbonyl (C=O) groups is 1. The molecule has 1 aromatic heterocycles. The van der Waals surface area contributed by atoms with Crippen molar-refractivity contribution in [3.05, 3.63) is 66.1 Å². The maximum Gasteiger partial charge on any atom is 0.258 e. The Hall–Kier alpha value is -3.15. The quantitative estimate of drug-likeness (QED) is 0.720. The van der Waals surface area contributed by atoms with Crippen LogP contribution in [0.2, 0.25) is 0 Å². The first-order chi connectivity index (χ1) is 12.9. The second-order valence-electron chi connectivity index (χ2n) is 7.22. The van der Waals surface area contributed by atoms with Gasteiger partial charge in [-0.05, 0) is 23.1 Å². The average molecular weight is 365 g/mol. The Morgan fingerprint density at radius 1 is 1.07 bits per heavy atom. The SMILES string of the molecule is CC(C)(C)c1ccc(OCC(=O)NCc2nc(-c3ccccc3)no2)cc1. The van der Waals surface area contributed by atoms with Gasteiger partial charge in [0.15, 0.2) is 6.61 Å². The van der Waals surface area contributed by atoms with Crippen LogP contribution in [-0.4, -0.2) is 22.7 Å². The highest BCUT2D eigenvalue weighted by Gasteiger charge is 2.13. The summed E-state index contributed by atoms with van der Waals surface area (Å²) in [6, 6.07) is 17.3. The Morgan fingerprint density at radius 3 is 2.44 bits per heavy atom. The molecule has 1 heterocycles. The number of nitrogens with one attached hydrogen (secondary N) is 1. The summed E-state index contributed by atoms with van der Waals surface area (Å²) < 4.78 is 10.7. The fraction of sp³-hybridized carbons (Fsp3) is 0.286. The summed E-state index contributed by atoms with van der Waals surface area (Å²) >= 11 is 0. The lowest BCUT2D eigenvalue weighted by Crippen LogP contribution is -2.28. The molecule has 0 aliphatic heterocycles. The molecule has 3 aromatic rings. The van der Waals surface area contributed by atoms with Gasteiger partial charge in [-0.25, -0.2) is 0 Å². The Labute approximate surface area is 158 Å². The van der Waals surface area contributed by atoms with E-state index in [1.807, 2.05) is 54.6 Å². The minimum absolute atomic E-state index is 0.0749. The Bertz CT molecular complexity index is 881. The largest absolute Gasteiger partial charge is 0.484 e.